The van der Waals surface area contributed by atoms with Gasteiger partial charge in [-0.3, -0.25) is 0 Å². The lowest BCUT2D eigenvalue weighted by atomic mass is 10.1. The molecule has 0 saturated carbocycles. The Hall–Kier alpha value is -0.280. The van der Waals surface area contributed by atoms with Gasteiger partial charge in [0, 0.05) is 29.2 Å². The van der Waals surface area contributed by atoms with Crippen LogP contribution in [0.2, 0.25) is 10.0 Å². The summed E-state index contributed by atoms with van der Waals surface area (Å²) in [5.74, 6) is 0. The molecule has 2 unspecified atom stereocenters. The van der Waals surface area contributed by atoms with Gasteiger partial charge in [-0.05, 0) is 37.6 Å². The van der Waals surface area contributed by atoms with E-state index < -0.39 is 0 Å². The first-order valence-electron chi connectivity index (χ1n) is 5.24. The quantitative estimate of drug-likeness (QED) is 0.874. The number of halogens is 2. The monoisotopic (exact) mass is 261 g/mol. The minimum Gasteiger partial charge on any atom is -0.383 e. The van der Waals surface area contributed by atoms with Crippen LogP contribution in [0.4, 0.5) is 0 Å². The van der Waals surface area contributed by atoms with Gasteiger partial charge in [0.25, 0.3) is 0 Å². The first-order valence-corrected chi connectivity index (χ1v) is 5.99. The van der Waals surface area contributed by atoms with Crippen LogP contribution in [-0.2, 0) is 4.74 Å². The summed E-state index contributed by atoms with van der Waals surface area (Å²) < 4.78 is 5.07. The van der Waals surface area contributed by atoms with Gasteiger partial charge in [0.15, 0.2) is 0 Å². The molecule has 90 valence electrons. The van der Waals surface area contributed by atoms with Crippen LogP contribution < -0.4 is 5.32 Å². The molecule has 16 heavy (non-hydrogen) atoms. The molecule has 0 spiro atoms. The van der Waals surface area contributed by atoms with Gasteiger partial charge in [0.2, 0.25) is 0 Å². The Morgan fingerprint density at radius 3 is 2.25 bits per heavy atom. The average Bonchev–Trinajstić information content (AvgIpc) is 2.16. The van der Waals surface area contributed by atoms with E-state index in [2.05, 4.69) is 19.2 Å². The average molecular weight is 262 g/mol. The van der Waals surface area contributed by atoms with Crippen LogP contribution in [-0.4, -0.2) is 19.8 Å². The summed E-state index contributed by atoms with van der Waals surface area (Å²) in [5.41, 5.74) is 1.08. The van der Waals surface area contributed by atoms with Crippen molar-refractivity contribution in [2.75, 3.05) is 13.7 Å². The first-order chi connectivity index (χ1) is 7.52. The van der Waals surface area contributed by atoms with Gasteiger partial charge in [0.05, 0.1) is 6.61 Å². The van der Waals surface area contributed by atoms with E-state index in [1.165, 1.54) is 0 Å². The summed E-state index contributed by atoms with van der Waals surface area (Å²) in [6.45, 7) is 4.83. The molecule has 0 aliphatic rings. The van der Waals surface area contributed by atoms with Crippen molar-refractivity contribution >= 4 is 23.2 Å². The minimum atomic E-state index is 0.196. The van der Waals surface area contributed by atoms with Gasteiger partial charge in [-0.1, -0.05) is 23.2 Å². The second-order valence-corrected chi connectivity index (χ2v) is 4.82. The number of ether oxygens (including phenoxy) is 1. The van der Waals surface area contributed by atoms with E-state index in [1.807, 2.05) is 12.1 Å². The van der Waals surface area contributed by atoms with Crippen LogP contribution in [0.3, 0.4) is 0 Å². The molecule has 0 aromatic heterocycles. The van der Waals surface area contributed by atoms with Crippen LogP contribution in [0.25, 0.3) is 0 Å². The molecule has 1 rings (SSSR count). The fraction of sp³-hybridized carbons (Fsp3) is 0.500. The number of hydrogen-bond donors (Lipinski definition) is 1. The van der Waals surface area contributed by atoms with Gasteiger partial charge in [0.1, 0.15) is 0 Å². The molecule has 0 heterocycles. The topological polar surface area (TPSA) is 21.3 Å². The van der Waals surface area contributed by atoms with Gasteiger partial charge in [-0.15, -0.1) is 0 Å². The predicted molar refractivity (Wildman–Crippen MR) is 69.4 cm³/mol. The summed E-state index contributed by atoms with van der Waals surface area (Å²) in [5, 5.41) is 4.73. The summed E-state index contributed by atoms with van der Waals surface area (Å²) in [6, 6.07) is 6.06. The number of nitrogens with one attached hydrogen (secondary N) is 1. The van der Waals surface area contributed by atoms with E-state index in [0.717, 1.165) is 5.56 Å². The molecule has 4 heteroatoms. The number of rotatable bonds is 5. The summed E-state index contributed by atoms with van der Waals surface area (Å²) in [4.78, 5) is 0. The Kier molecular flexibility index (Phi) is 5.56. The third kappa shape index (κ3) is 4.30. The van der Waals surface area contributed by atoms with Crippen LogP contribution >= 0.6 is 23.2 Å². The van der Waals surface area contributed by atoms with E-state index in [0.29, 0.717) is 16.7 Å². The van der Waals surface area contributed by atoms with Gasteiger partial charge < -0.3 is 10.1 Å². The zero-order valence-electron chi connectivity index (χ0n) is 9.76. The highest BCUT2D eigenvalue weighted by Crippen LogP contribution is 2.23. The SMILES string of the molecule is COCC(C)NC(C)c1cc(Cl)cc(Cl)c1. The van der Waals surface area contributed by atoms with Crippen molar-refractivity contribution in [3.05, 3.63) is 33.8 Å². The van der Waals surface area contributed by atoms with Gasteiger partial charge in [-0.25, -0.2) is 0 Å². The molecule has 2 nitrogen and oxygen atoms in total. The molecular formula is C12H17Cl2NO. The van der Waals surface area contributed by atoms with Gasteiger partial charge in [-0.2, -0.15) is 0 Å². The second-order valence-electron chi connectivity index (χ2n) is 3.95. The second kappa shape index (κ2) is 6.45. The molecular weight excluding hydrogens is 245 g/mol. The lowest BCUT2D eigenvalue weighted by Crippen LogP contribution is -2.32. The summed E-state index contributed by atoms with van der Waals surface area (Å²) >= 11 is 11.9. The van der Waals surface area contributed by atoms with Crippen molar-refractivity contribution in [1.29, 1.82) is 0 Å². The molecule has 0 bridgehead atoms. The van der Waals surface area contributed by atoms with Crippen LogP contribution in [0, 0.1) is 0 Å². The first kappa shape index (κ1) is 13.8. The van der Waals surface area contributed by atoms with Gasteiger partial charge >= 0.3 is 0 Å². The smallest absolute Gasteiger partial charge is 0.0613 e. The normalized spacial score (nSPS) is 14.8. The van der Waals surface area contributed by atoms with Crippen molar-refractivity contribution in [2.24, 2.45) is 0 Å². The third-order valence-electron chi connectivity index (χ3n) is 2.34. The van der Waals surface area contributed by atoms with E-state index in [1.54, 1.807) is 13.2 Å². The molecule has 0 saturated heterocycles. The Balaban J connectivity index is 2.68. The largest absolute Gasteiger partial charge is 0.383 e. The lowest BCUT2D eigenvalue weighted by molar-refractivity contribution is 0.168. The zero-order valence-corrected chi connectivity index (χ0v) is 11.3. The van der Waals surface area contributed by atoms with Crippen molar-refractivity contribution in [2.45, 2.75) is 25.9 Å². The highest BCUT2D eigenvalue weighted by molar-refractivity contribution is 6.34. The van der Waals surface area contributed by atoms with Crippen molar-refractivity contribution in [1.82, 2.24) is 5.32 Å². The Morgan fingerprint density at radius 2 is 1.75 bits per heavy atom. The molecule has 1 aromatic rings. The number of methoxy groups -OCH3 is 1. The van der Waals surface area contributed by atoms with E-state index in [4.69, 9.17) is 27.9 Å². The van der Waals surface area contributed by atoms with Crippen LogP contribution in [0.5, 0.6) is 0 Å². The highest BCUT2D eigenvalue weighted by atomic mass is 35.5. The fourth-order valence-corrected chi connectivity index (χ4v) is 2.19. The van der Waals surface area contributed by atoms with Crippen LogP contribution in [0.15, 0.2) is 18.2 Å². The maximum absolute atomic E-state index is 5.95. The van der Waals surface area contributed by atoms with Crippen molar-refractivity contribution < 1.29 is 4.74 Å². The molecule has 0 fully saturated rings. The maximum atomic E-state index is 5.95. The number of benzene rings is 1. The Labute approximate surface area is 107 Å². The summed E-state index contributed by atoms with van der Waals surface area (Å²) in [7, 11) is 1.69. The number of hydrogen-bond acceptors (Lipinski definition) is 2. The zero-order chi connectivity index (χ0) is 12.1. The van der Waals surface area contributed by atoms with E-state index in [9.17, 15) is 0 Å². The lowest BCUT2D eigenvalue weighted by Gasteiger charge is -2.20. The van der Waals surface area contributed by atoms with Crippen molar-refractivity contribution in [3.63, 3.8) is 0 Å². The third-order valence-corrected chi connectivity index (χ3v) is 2.77. The Morgan fingerprint density at radius 1 is 1.19 bits per heavy atom. The molecule has 1 aromatic carbocycles. The summed E-state index contributed by atoms with van der Waals surface area (Å²) in [6.07, 6.45) is 0. The van der Waals surface area contributed by atoms with Crippen LogP contribution in [0.1, 0.15) is 25.5 Å². The molecule has 2 atom stereocenters. The minimum absolute atomic E-state index is 0.196. The molecule has 0 aliphatic heterocycles. The highest BCUT2D eigenvalue weighted by Gasteiger charge is 2.10. The molecule has 0 amide bonds. The predicted octanol–water partition coefficient (Wildman–Crippen LogP) is 3.68. The van der Waals surface area contributed by atoms with E-state index >= 15 is 0 Å². The molecule has 1 N–H and O–H groups in total. The molecule has 0 radical (unpaired) electrons. The Bertz CT molecular complexity index is 324. The van der Waals surface area contributed by atoms with E-state index in [-0.39, 0.29) is 12.1 Å². The van der Waals surface area contributed by atoms with Crippen molar-refractivity contribution in [3.8, 4) is 0 Å². The molecule has 0 aliphatic carbocycles. The fourth-order valence-electron chi connectivity index (χ4n) is 1.65. The maximum Gasteiger partial charge on any atom is 0.0613 e. The standard InChI is InChI=1S/C12H17Cl2NO/c1-8(7-16-3)15-9(2)10-4-11(13)6-12(14)5-10/h4-6,8-9,15H,7H2,1-3H3.